The minimum absolute atomic E-state index is 0.0175. The minimum Gasteiger partial charge on any atom is -0.378 e. The molecule has 0 radical (unpaired) electrons. The van der Waals surface area contributed by atoms with E-state index in [2.05, 4.69) is 33.2 Å². The van der Waals surface area contributed by atoms with Crippen LogP contribution in [0.1, 0.15) is 99.3 Å². The number of urea groups is 1. The number of likely N-dealkylation sites (tertiary alicyclic amines) is 1. The predicted molar refractivity (Wildman–Crippen MR) is 190 cm³/mol. The van der Waals surface area contributed by atoms with Gasteiger partial charge in [-0.3, -0.25) is 24.5 Å². The van der Waals surface area contributed by atoms with E-state index in [9.17, 15) is 32.4 Å². The van der Waals surface area contributed by atoms with Crippen LogP contribution in [0.4, 0.5) is 4.79 Å². The smallest absolute Gasteiger partial charge is 0.316 e. The highest BCUT2D eigenvalue weighted by Crippen LogP contribution is 2.34. The number of nitrogens with zero attached hydrogens (tertiary/aromatic N) is 1. The van der Waals surface area contributed by atoms with Gasteiger partial charge >= 0.3 is 6.03 Å². The summed E-state index contributed by atoms with van der Waals surface area (Å²) in [6, 6.07) is -3.66. The van der Waals surface area contributed by atoms with E-state index in [4.69, 9.17) is 4.74 Å². The monoisotopic (exact) mass is 724 g/mol. The number of hydrogen-bond donors (Lipinski definition) is 5. The summed E-state index contributed by atoms with van der Waals surface area (Å²) in [7, 11) is -3.48. The van der Waals surface area contributed by atoms with Gasteiger partial charge in [-0.2, -0.15) is 0 Å². The van der Waals surface area contributed by atoms with Gasteiger partial charge in [-0.15, -0.1) is 6.58 Å². The van der Waals surface area contributed by atoms with Gasteiger partial charge in [0.25, 0.3) is 5.91 Å². The molecule has 0 spiro atoms. The Kier molecular flexibility index (Phi) is 14.8. The lowest BCUT2D eigenvalue weighted by atomic mass is 9.84. The first kappa shape index (κ1) is 41.4. The van der Waals surface area contributed by atoms with E-state index in [-0.39, 0.29) is 50.3 Å². The Hall–Kier alpha value is -3.04. The van der Waals surface area contributed by atoms with Gasteiger partial charge in [0.15, 0.2) is 9.84 Å². The van der Waals surface area contributed by atoms with Crippen molar-refractivity contribution in [3.8, 4) is 0 Å². The Balaban J connectivity index is 1.84. The first-order chi connectivity index (χ1) is 23.5. The van der Waals surface area contributed by atoms with Crippen molar-refractivity contribution in [3.63, 3.8) is 0 Å². The standard InChI is InChI=1S/C35H60N6O8S/c1-8-10-14-25(28(42)31(44)36-18-9-2)37-30(43)27-24(23(3)4)15-19-41(27)32(45)29(34(5,6)7)38-33(46)40-35(16-12-11-13-17-35)39-26-22-49-20-21-50(26,47)48/h9,23-27,29,39H,2,8,10-22H2,1,3-7H3,(H,36,44)(H,37,43)(H2,38,40,46). The summed E-state index contributed by atoms with van der Waals surface area (Å²) in [6.07, 6.45) is 7.15. The van der Waals surface area contributed by atoms with Crippen LogP contribution >= 0.6 is 0 Å². The molecule has 14 nitrogen and oxygen atoms in total. The van der Waals surface area contributed by atoms with Crippen LogP contribution in [0.2, 0.25) is 0 Å². The number of carbonyl (C=O) groups is 5. The van der Waals surface area contributed by atoms with Crippen molar-refractivity contribution in [2.75, 3.05) is 32.1 Å². The number of rotatable bonds is 15. The number of sulfone groups is 1. The number of Topliss-reactive ketones (excluding diaryl/α,β-unsaturated/α-hetero) is 1. The van der Waals surface area contributed by atoms with Gasteiger partial charge in [0.2, 0.25) is 17.6 Å². The Morgan fingerprint density at radius 1 is 1.06 bits per heavy atom. The van der Waals surface area contributed by atoms with Crippen LogP contribution in [0, 0.1) is 17.3 Å². The number of unbranched alkanes of at least 4 members (excludes halogenated alkanes) is 1. The second-order valence-corrected chi connectivity index (χ2v) is 17.7. The molecule has 2 aliphatic heterocycles. The molecule has 1 saturated carbocycles. The van der Waals surface area contributed by atoms with Gasteiger partial charge in [0.05, 0.1) is 30.7 Å². The molecule has 15 heteroatoms. The first-order valence-corrected chi connectivity index (χ1v) is 19.9. The molecule has 1 aliphatic carbocycles. The zero-order chi connectivity index (χ0) is 37.3. The van der Waals surface area contributed by atoms with Crippen LogP contribution in [-0.2, 0) is 33.8 Å². The molecular weight excluding hydrogens is 664 g/mol. The summed E-state index contributed by atoms with van der Waals surface area (Å²) in [4.78, 5) is 69.4. The van der Waals surface area contributed by atoms with Gasteiger partial charge < -0.3 is 30.9 Å². The van der Waals surface area contributed by atoms with Crippen molar-refractivity contribution >= 4 is 39.4 Å². The topological polar surface area (TPSA) is 192 Å². The van der Waals surface area contributed by atoms with Gasteiger partial charge in [-0.25, -0.2) is 13.2 Å². The Bertz CT molecular complexity index is 1340. The zero-order valence-electron chi connectivity index (χ0n) is 30.8. The Labute approximate surface area is 297 Å². The van der Waals surface area contributed by atoms with Crippen LogP contribution in [0.5, 0.6) is 0 Å². The molecule has 5 N–H and O–H groups in total. The van der Waals surface area contributed by atoms with Gasteiger partial charge in [0.1, 0.15) is 17.5 Å². The summed E-state index contributed by atoms with van der Waals surface area (Å²) in [5, 5.41) is 13.4. The van der Waals surface area contributed by atoms with Crippen molar-refractivity contribution in [2.24, 2.45) is 17.3 Å². The average Bonchev–Trinajstić information content (AvgIpc) is 3.50. The fourth-order valence-corrected chi connectivity index (χ4v) is 8.50. The largest absolute Gasteiger partial charge is 0.378 e. The second-order valence-electron chi connectivity index (χ2n) is 15.4. The van der Waals surface area contributed by atoms with E-state index in [1.807, 2.05) is 41.5 Å². The third-order valence-corrected chi connectivity index (χ3v) is 11.9. The second kappa shape index (κ2) is 17.9. The van der Waals surface area contributed by atoms with Gasteiger partial charge in [0, 0.05) is 13.1 Å². The molecule has 0 aromatic heterocycles. The average molecular weight is 725 g/mol. The summed E-state index contributed by atoms with van der Waals surface area (Å²) < 4.78 is 31.1. The van der Waals surface area contributed by atoms with Crippen molar-refractivity contribution in [2.45, 2.75) is 128 Å². The summed E-state index contributed by atoms with van der Waals surface area (Å²) >= 11 is 0. The van der Waals surface area contributed by atoms with Crippen molar-refractivity contribution in [1.82, 2.24) is 31.5 Å². The molecule has 3 aliphatic rings. The van der Waals surface area contributed by atoms with Crippen LogP contribution < -0.4 is 26.6 Å². The van der Waals surface area contributed by atoms with Crippen LogP contribution in [0.15, 0.2) is 12.7 Å². The lowest BCUT2D eigenvalue weighted by Gasteiger charge is -2.43. The molecule has 3 rings (SSSR count). The number of amides is 5. The maximum absolute atomic E-state index is 14.5. The molecule has 284 valence electrons. The molecule has 2 saturated heterocycles. The SMILES string of the molecule is C=CCNC(=O)C(=O)C(CCCC)NC(=O)C1C(C(C)C)CCN1C(=O)C(NC(=O)NC1(NC2COCCS2(=O)=O)CCCCC1)C(C)(C)C. The lowest BCUT2D eigenvalue weighted by molar-refractivity contribution is -0.144. The molecule has 5 amide bonds. The Morgan fingerprint density at radius 3 is 2.32 bits per heavy atom. The molecule has 0 aromatic carbocycles. The first-order valence-electron chi connectivity index (χ1n) is 18.2. The molecule has 2 heterocycles. The summed E-state index contributed by atoms with van der Waals surface area (Å²) in [5.41, 5.74) is -1.79. The van der Waals surface area contributed by atoms with E-state index < -0.39 is 74.0 Å². The zero-order valence-corrected chi connectivity index (χ0v) is 31.6. The molecule has 3 fully saturated rings. The number of ether oxygens (including phenoxy) is 1. The van der Waals surface area contributed by atoms with E-state index in [0.717, 1.165) is 25.7 Å². The number of nitrogens with one attached hydrogen (secondary N) is 5. The molecule has 0 bridgehead atoms. The Morgan fingerprint density at radius 2 is 1.74 bits per heavy atom. The van der Waals surface area contributed by atoms with Crippen LogP contribution in [0.25, 0.3) is 0 Å². The van der Waals surface area contributed by atoms with E-state index in [1.54, 1.807) is 0 Å². The summed E-state index contributed by atoms with van der Waals surface area (Å²) in [5.74, 6) is -2.83. The van der Waals surface area contributed by atoms with Crippen LogP contribution in [0.3, 0.4) is 0 Å². The van der Waals surface area contributed by atoms with Crippen LogP contribution in [-0.4, -0.2) is 104 Å². The van der Waals surface area contributed by atoms with Crippen molar-refractivity contribution in [3.05, 3.63) is 12.7 Å². The minimum atomic E-state index is -3.48. The third kappa shape index (κ3) is 10.7. The molecule has 5 unspecified atom stereocenters. The predicted octanol–water partition coefficient (Wildman–Crippen LogP) is 2.14. The molecule has 50 heavy (non-hydrogen) atoms. The third-order valence-electron chi connectivity index (χ3n) is 10.1. The number of ketones is 1. The fraction of sp³-hybridized carbons (Fsp3) is 0.800. The maximum Gasteiger partial charge on any atom is 0.316 e. The van der Waals surface area contributed by atoms with Gasteiger partial charge in [-0.05, 0) is 55.8 Å². The highest BCUT2D eigenvalue weighted by atomic mass is 32.2. The number of hydrogen-bond acceptors (Lipinski definition) is 9. The maximum atomic E-state index is 14.5. The van der Waals surface area contributed by atoms with Crippen molar-refractivity contribution in [1.29, 1.82) is 0 Å². The quantitative estimate of drug-likeness (QED) is 0.0957. The fourth-order valence-electron chi connectivity index (χ4n) is 7.15. The summed E-state index contributed by atoms with van der Waals surface area (Å²) in [6.45, 7) is 15.4. The van der Waals surface area contributed by atoms with E-state index >= 15 is 0 Å². The highest BCUT2D eigenvalue weighted by molar-refractivity contribution is 7.92. The number of carbonyl (C=O) groups excluding carboxylic acids is 5. The van der Waals surface area contributed by atoms with Gasteiger partial charge in [-0.1, -0.05) is 66.9 Å². The molecule has 5 atom stereocenters. The lowest BCUT2D eigenvalue weighted by Crippen LogP contribution is -2.68. The van der Waals surface area contributed by atoms with E-state index in [1.165, 1.54) is 11.0 Å². The highest BCUT2D eigenvalue weighted by Gasteiger charge is 2.48. The van der Waals surface area contributed by atoms with Crippen molar-refractivity contribution < 1.29 is 37.1 Å². The molecule has 0 aromatic rings. The van der Waals surface area contributed by atoms with E-state index in [0.29, 0.717) is 25.7 Å². The normalized spacial score (nSPS) is 24.5. The molecular formula is C35H60N6O8S.